The topological polar surface area (TPSA) is 55.5 Å². The van der Waals surface area contributed by atoms with E-state index in [2.05, 4.69) is 15.9 Å². The Morgan fingerprint density at radius 1 is 1.41 bits per heavy atom. The first-order valence-electron chi connectivity index (χ1n) is 5.83. The van der Waals surface area contributed by atoms with Gasteiger partial charge in [0.1, 0.15) is 5.75 Å². The third kappa shape index (κ3) is 3.69. The summed E-state index contributed by atoms with van der Waals surface area (Å²) in [5.74, 6) is 0.848. The smallest absolute Gasteiger partial charge is 0.124 e. The molecule has 0 bridgehead atoms. The maximum Gasteiger partial charge on any atom is 0.124 e. The molecule has 0 saturated heterocycles. The van der Waals surface area contributed by atoms with Crippen molar-refractivity contribution in [1.82, 2.24) is 0 Å². The molecule has 0 unspecified atom stereocenters. The van der Waals surface area contributed by atoms with E-state index >= 15 is 0 Å². The molecule has 17 heavy (non-hydrogen) atoms. The minimum Gasteiger partial charge on any atom is -0.494 e. The molecule has 1 aromatic carbocycles. The van der Waals surface area contributed by atoms with Crippen LogP contribution in [0.15, 0.2) is 22.7 Å². The van der Waals surface area contributed by atoms with Gasteiger partial charge in [-0.15, -0.1) is 0 Å². The van der Waals surface area contributed by atoms with E-state index in [1.807, 2.05) is 39.0 Å². The van der Waals surface area contributed by atoms with Crippen LogP contribution >= 0.6 is 15.9 Å². The van der Waals surface area contributed by atoms with Crippen molar-refractivity contribution in [3.63, 3.8) is 0 Å². The third-order valence-corrected chi connectivity index (χ3v) is 3.18. The average molecular weight is 302 g/mol. The fourth-order valence-corrected chi connectivity index (χ4v) is 2.04. The highest BCUT2D eigenvalue weighted by Gasteiger charge is 2.23. The van der Waals surface area contributed by atoms with Crippen LogP contribution < -0.4 is 10.5 Å². The molecule has 96 valence electrons. The largest absolute Gasteiger partial charge is 0.494 e. The van der Waals surface area contributed by atoms with Crippen LogP contribution in [0.2, 0.25) is 0 Å². The molecule has 0 saturated carbocycles. The predicted octanol–water partition coefficient (Wildman–Crippen LogP) is 2.86. The van der Waals surface area contributed by atoms with Gasteiger partial charge in [0.15, 0.2) is 0 Å². The maximum atomic E-state index is 10.0. The monoisotopic (exact) mass is 301 g/mol. The first-order chi connectivity index (χ1) is 7.97. The Bertz CT molecular complexity index is 368. The van der Waals surface area contributed by atoms with Gasteiger partial charge in [0.25, 0.3) is 0 Å². The van der Waals surface area contributed by atoms with Crippen LogP contribution in [-0.4, -0.2) is 17.8 Å². The summed E-state index contributed by atoms with van der Waals surface area (Å²) in [7, 11) is 0. The Morgan fingerprint density at radius 2 is 2.06 bits per heavy atom. The summed E-state index contributed by atoms with van der Waals surface area (Å²) >= 11 is 3.41. The van der Waals surface area contributed by atoms with Crippen molar-refractivity contribution in [1.29, 1.82) is 0 Å². The number of nitrogens with two attached hydrogens (primary N) is 1. The van der Waals surface area contributed by atoms with Crippen LogP contribution in [0.5, 0.6) is 5.75 Å². The Balaban J connectivity index is 3.05. The lowest BCUT2D eigenvalue weighted by atomic mass is 9.94. The van der Waals surface area contributed by atoms with E-state index in [1.165, 1.54) is 0 Å². The van der Waals surface area contributed by atoms with E-state index < -0.39 is 12.1 Å². The SMILES string of the molecule is CCOc1ccc(Br)cc1[C@H](N)[C@H](O)C(C)C. The molecule has 3 nitrogen and oxygen atoms in total. The zero-order valence-electron chi connectivity index (χ0n) is 10.5. The van der Waals surface area contributed by atoms with Gasteiger partial charge in [0.05, 0.1) is 18.8 Å². The quantitative estimate of drug-likeness (QED) is 0.879. The van der Waals surface area contributed by atoms with E-state index in [4.69, 9.17) is 10.5 Å². The number of ether oxygens (including phenoxy) is 1. The summed E-state index contributed by atoms with van der Waals surface area (Å²) < 4.78 is 6.46. The van der Waals surface area contributed by atoms with Gasteiger partial charge in [-0.25, -0.2) is 0 Å². The van der Waals surface area contributed by atoms with Crippen molar-refractivity contribution in [3.8, 4) is 5.75 Å². The molecular weight excluding hydrogens is 282 g/mol. The van der Waals surface area contributed by atoms with Gasteiger partial charge < -0.3 is 15.6 Å². The molecular formula is C13H20BrNO2. The Labute approximate surface area is 111 Å². The fourth-order valence-electron chi connectivity index (χ4n) is 1.67. The van der Waals surface area contributed by atoms with Crippen molar-refractivity contribution < 1.29 is 9.84 Å². The van der Waals surface area contributed by atoms with Crippen LogP contribution in [0.3, 0.4) is 0 Å². The highest BCUT2D eigenvalue weighted by Crippen LogP contribution is 2.30. The van der Waals surface area contributed by atoms with Crippen molar-refractivity contribution >= 4 is 15.9 Å². The molecule has 0 aliphatic carbocycles. The molecule has 0 aliphatic rings. The molecule has 0 radical (unpaired) electrons. The fraction of sp³-hybridized carbons (Fsp3) is 0.538. The Kier molecular flexibility index (Phi) is 5.43. The summed E-state index contributed by atoms with van der Waals surface area (Å²) in [5.41, 5.74) is 6.92. The normalized spacial score (nSPS) is 14.8. The standard InChI is InChI=1S/C13H20BrNO2/c1-4-17-11-6-5-9(14)7-10(11)12(15)13(16)8(2)3/h5-8,12-13,16H,4,15H2,1-3H3/t12-,13+/m0/s1. The summed E-state index contributed by atoms with van der Waals surface area (Å²) in [4.78, 5) is 0. The molecule has 1 aromatic rings. The number of benzene rings is 1. The minimum absolute atomic E-state index is 0.110. The maximum absolute atomic E-state index is 10.0. The second-order valence-electron chi connectivity index (χ2n) is 4.38. The van der Waals surface area contributed by atoms with Crippen LogP contribution in [0.1, 0.15) is 32.4 Å². The van der Waals surface area contributed by atoms with Gasteiger partial charge in [0.2, 0.25) is 0 Å². The first-order valence-corrected chi connectivity index (χ1v) is 6.62. The second-order valence-corrected chi connectivity index (χ2v) is 5.29. The van der Waals surface area contributed by atoms with Crippen molar-refractivity contribution in [3.05, 3.63) is 28.2 Å². The van der Waals surface area contributed by atoms with Gasteiger partial charge in [-0.2, -0.15) is 0 Å². The molecule has 3 N–H and O–H groups in total. The number of aliphatic hydroxyl groups is 1. The molecule has 4 heteroatoms. The Hall–Kier alpha value is -0.580. The number of rotatable bonds is 5. The van der Waals surface area contributed by atoms with Gasteiger partial charge in [-0.05, 0) is 31.0 Å². The van der Waals surface area contributed by atoms with Crippen molar-refractivity contribution in [2.24, 2.45) is 11.7 Å². The molecule has 0 spiro atoms. The van der Waals surface area contributed by atoms with Crippen molar-refractivity contribution in [2.75, 3.05) is 6.61 Å². The lowest BCUT2D eigenvalue weighted by Gasteiger charge is -2.24. The zero-order chi connectivity index (χ0) is 13.0. The number of hydrogen-bond donors (Lipinski definition) is 2. The average Bonchev–Trinajstić information content (AvgIpc) is 2.29. The summed E-state index contributed by atoms with van der Waals surface area (Å²) in [6, 6.07) is 5.24. The lowest BCUT2D eigenvalue weighted by Crippen LogP contribution is -2.30. The van der Waals surface area contributed by atoms with E-state index in [0.29, 0.717) is 6.61 Å². The summed E-state index contributed by atoms with van der Waals surface area (Å²) in [5, 5.41) is 10.0. The summed E-state index contributed by atoms with van der Waals surface area (Å²) in [6.07, 6.45) is -0.580. The van der Waals surface area contributed by atoms with Crippen LogP contribution in [-0.2, 0) is 0 Å². The second kappa shape index (κ2) is 6.38. The summed E-state index contributed by atoms with van der Waals surface area (Å²) in [6.45, 7) is 6.40. The predicted molar refractivity (Wildman–Crippen MR) is 73.1 cm³/mol. The van der Waals surface area contributed by atoms with Gasteiger partial charge in [-0.1, -0.05) is 29.8 Å². The van der Waals surface area contributed by atoms with E-state index in [9.17, 15) is 5.11 Å². The van der Waals surface area contributed by atoms with Gasteiger partial charge in [-0.3, -0.25) is 0 Å². The van der Waals surface area contributed by atoms with E-state index in [-0.39, 0.29) is 5.92 Å². The Morgan fingerprint density at radius 3 is 2.59 bits per heavy atom. The van der Waals surface area contributed by atoms with Crippen LogP contribution in [0, 0.1) is 5.92 Å². The van der Waals surface area contributed by atoms with E-state index in [1.54, 1.807) is 0 Å². The minimum atomic E-state index is -0.580. The molecule has 0 amide bonds. The molecule has 0 aliphatic heterocycles. The molecule has 1 rings (SSSR count). The zero-order valence-corrected chi connectivity index (χ0v) is 12.1. The van der Waals surface area contributed by atoms with Crippen molar-refractivity contribution in [2.45, 2.75) is 32.9 Å². The van der Waals surface area contributed by atoms with Gasteiger partial charge >= 0.3 is 0 Å². The molecule has 0 heterocycles. The number of hydrogen-bond acceptors (Lipinski definition) is 3. The molecule has 0 aromatic heterocycles. The molecule has 2 atom stereocenters. The number of aliphatic hydroxyl groups excluding tert-OH is 1. The third-order valence-electron chi connectivity index (χ3n) is 2.68. The van der Waals surface area contributed by atoms with E-state index in [0.717, 1.165) is 15.8 Å². The van der Waals surface area contributed by atoms with Crippen LogP contribution in [0.25, 0.3) is 0 Å². The lowest BCUT2D eigenvalue weighted by molar-refractivity contribution is 0.0966. The van der Waals surface area contributed by atoms with Crippen LogP contribution in [0.4, 0.5) is 0 Å². The first kappa shape index (κ1) is 14.5. The highest BCUT2D eigenvalue weighted by molar-refractivity contribution is 9.10. The highest BCUT2D eigenvalue weighted by atomic mass is 79.9. The number of halogens is 1. The molecule has 0 fully saturated rings. The van der Waals surface area contributed by atoms with Gasteiger partial charge in [0, 0.05) is 10.0 Å².